The molecule has 2 aromatic carbocycles. The second-order valence-electron chi connectivity index (χ2n) is 4.29. The molecule has 0 aromatic heterocycles. The minimum Gasteiger partial charge on any atom is -0.286 e. The summed E-state index contributed by atoms with van der Waals surface area (Å²) in [5, 5.41) is 23.7. The Morgan fingerprint density at radius 2 is 1.87 bits per heavy atom. The van der Waals surface area contributed by atoms with E-state index in [1.54, 1.807) is 36.4 Å². The maximum atomic E-state index is 12.2. The van der Waals surface area contributed by atoms with Gasteiger partial charge in [-0.15, -0.1) is 0 Å². The molecule has 0 aliphatic rings. The summed E-state index contributed by atoms with van der Waals surface area (Å²) in [4.78, 5) is 22.5. The number of halogens is 1. The number of Topliss-reactive ketones (excluding diaryl/α,β-unsaturated/α-hetero) is 1. The summed E-state index contributed by atoms with van der Waals surface area (Å²) in [7, 11) is 0. The van der Waals surface area contributed by atoms with Gasteiger partial charge >= 0.3 is 0 Å². The number of nitrogens with zero attached hydrogens (tertiary/aromatic N) is 3. The number of para-hydroxylation sites is 2. The number of hydrogen-bond donors (Lipinski definition) is 1. The van der Waals surface area contributed by atoms with E-state index >= 15 is 0 Å². The van der Waals surface area contributed by atoms with E-state index in [1.807, 2.05) is 0 Å². The molecule has 7 nitrogen and oxygen atoms in total. The summed E-state index contributed by atoms with van der Waals surface area (Å²) in [5.74, 6) is -0.578. The Morgan fingerprint density at radius 3 is 2.48 bits per heavy atom. The van der Waals surface area contributed by atoms with E-state index in [0.29, 0.717) is 0 Å². The first kappa shape index (κ1) is 16.3. The zero-order valence-electron chi connectivity index (χ0n) is 11.6. The molecule has 0 saturated heterocycles. The fourth-order valence-corrected chi connectivity index (χ4v) is 1.97. The Kier molecular flexibility index (Phi) is 5.17. The van der Waals surface area contributed by atoms with Crippen molar-refractivity contribution in [2.45, 2.75) is 0 Å². The van der Waals surface area contributed by atoms with Crippen LogP contribution < -0.4 is 5.43 Å². The molecule has 0 bridgehead atoms. The molecule has 0 radical (unpaired) electrons. The molecule has 23 heavy (non-hydrogen) atoms. The fourth-order valence-electron chi connectivity index (χ4n) is 1.71. The number of nitriles is 1. The zero-order chi connectivity index (χ0) is 16.8. The lowest BCUT2D eigenvalue weighted by Crippen LogP contribution is -2.14. The first-order valence-electron chi connectivity index (χ1n) is 6.30. The number of nitro benzene ring substituents is 1. The molecule has 8 heteroatoms. The minimum absolute atomic E-state index is 0.0915. The molecule has 0 amide bonds. The van der Waals surface area contributed by atoms with E-state index in [1.165, 1.54) is 18.2 Å². The van der Waals surface area contributed by atoms with Crippen LogP contribution in [0.5, 0.6) is 0 Å². The maximum absolute atomic E-state index is 12.2. The Balaban J connectivity index is 2.26. The van der Waals surface area contributed by atoms with Crippen LogP contribution >= 0.6 is 15.9 Å². The van der Waals surface area contributed by atoms with Gasteiger partial charge in [0, 0.05) is 16.1 Å². The molecule has 0 saturated carbocycles. The number of nitro groups is 1. The van der Waals surface area contributed by atoms with E-state index in [0.717, 1.165) is 4.47 Å². The predicted octanol–water partition coefficient (Wildman–Crippen LogP) is 3.53. The van der Waals surface area contributed by atoms with Gasteiger partial charge in [-0.1, -0.05) is 28.1 Å². The highest BCUT2D eigenvalue weighted by Crippen LogP contribution is 2.23. The van der Waals surface area contributed by atoms with E-state index in [9.17, 15) is 14.9 Å². The number of ketones is 1. The lowest BCUT2D eigenvalue weighted by molar-refractivity contribution is -0.384. The smallest absolute Gasteiger partial charge is 0.286 e. The quantitative estimate of drug-likeness (QED) is 0.373. The van der Waals surface area contributed by atoms with Gasteiger partial charge in [0.2, 0.25) is 11.5 Å². The van der Waals surface area contributed by atoms with Gasteiger partial charge in [0.05, 0.1) is 4.92 Å². The third-order valence-corrected chi connectivity index (χ3v) is 3.34. The van der Waals surface area contributed by atoms with Gasteiger partial charge in [0.25, 0.3) is 5.69 Å². The first-order valence-corrected chi connectivity index (χ1v) is 7.09. The van der Waals surface area contributed by atoms with Crippen molar-refractivity contribution < 1.29 is 9.72 Å². The number of rotatable bonds is 5. The number of carbonyl (C=O) groups is 1. The molecule has 114 valence electrons. The fraction of sp³-hybridized carbons (Fsp3) is 0. The number of hydrogen-bond acceptors (Lipinski definition) is 6. The predicted molar refractivity (Wildman–Crippen MR) is 88.2 cm³/mol. The van der Waals surface area contributed by atoms with Gasteiger partial charge in [-0.3, -0.25) is 20.3 Å². The number of hydrazone groups is 1. The number of nitrogens with one attached hydrogen (secondary N) is 1. The zero-order valence-corrected chi connectivity index (χ0v) is 13.1. The Labute approximate surface area is 139 Å². The van der Waals surface area contributed by atoms with Crippen molar-refractivity contribution in [1.29, 1.82) is 5.26 Å². The standard InChI is InChI=1S/C15H9BrN4O3/c16-11-7-5-10(6-8-11)15(21)13(9-17)19-18-12-3-1-2-4-14(12)20(22)23/h1-8,18H. The minimum atomic E-state index is -0.583. The summed E-state index contributed by atoms with van der Waals surface area (Å²) in [6.07, 6.45) is 0. The maximum Gasteiger partial charge on any atom is 0.294 e. The van der Waals surface area contributed by atoms with Crippen LogP contribution in [-0.2, 0) is 0 Å². The molecule has 1 N–H and O–H groups in total. The van der Waals surface area contributed by atoms with Crippen molar-refractivity contribution in [2.75, 3.05) is 5.43 Å². The first-order chi connectivity index (χ1) is 11.0. The van der Waals surface area contributed by atoms with E-state index in [-0.39, 0.29) is 16.9 Å². The summed E-state index contributed by atoms with van der Waals surface area (Å²) in [5.41, 5.74) is 2.18. The van der Waals surface area contributed by atoms with Gasteiger partial charge in [-0.25, -0.2) is 0 Å². The third kappa shape index (κ3) is 3.99. The molecular formula is C15H9BrN4O3. The summed E-state index contributed by atoms with van der Waals surface area (Å²) < 4.78 is 0.794. The van der Waals surface area contributed by atoms with Gasteiger partial charge < -0.3 is 0 Å². The van der Waals surface area contributed by atoms with Crippen molar-refractivity contribution in [3.63, 3.8) is 0 Å². The largest absolute Gasteiger partial charge is 0.294 e. The molecule has 2 rings (SSSR count). The van der Waals surface area contributed by atoms with E-state index < -0.39 is 16.4 Å². The van der Waals surface area contributed by atoms with Crippen molar-refractivity contribution >= 4 is 38.8 Å². The average Bonchev–Trinajstić information content (AvgIpc) is 2.56. The molecule has 0 heterocycles. The van der Waals surface area contributed by atoms with Crippen molar-refractivity contribution in [3.8, 4) is 6.07 Å². The van der Waals surface area contributed by atoms with Crippen LogP contribution in [0.25, 0.3) is 0 Å². The van der Waals surface area contributed by atoms with Gasteiger partial charge in [0.15, 0.2) is 0 Å². The highest BCUT2D eigenvalue weighted by molar-refractivity contribution is 9.10. The van der Waals surface area contributed by atoms with Crippen LogP contribution in [0.1, 0.15) is 10.4 Å². The van der Waals surface area contributed by atoms with Crippen molar-refractivity contribution in [2.24, 2.45) is 5.10 Å². The third-order valence-electron chi connectivity index (χ3n) is 2.82. The summed E-state index contributed by atoms with van der Waals surface area (Å²) in [6, 6.07) is 13.9. The lowest BCUT2D eigenvalue weighted by Gasteiger charge is -2.03. The molecule has 0 fully saturated rings. The molecular weight excluding hydrogens is 364 g/mol. The molecule has 0 aliphatic heterocycles. The van der Waals surface area contributed by atoms with Crippen LogP contribution in [0.3, 0.4) is 0 Å². The Morgan fingerprint density at radius 1 is 1.22 bits per heavy atom. The molecule has 2 aromatic rings. The van der Waals surface area contributed by atoms with Crippen LogP contribution in [0.2, 0.25) is 0 Å². The molecule has 0 unspecified atom stereocenters. The molecule has 0 atom stereocenters. The highest BCUT2D eigenvalue weighted by Gasteiger charge is 2.16. The van der Waals surface area contributed by atoms with Gasteiger partial charge in [-0.2, -0.15) is 10.4 Å². The molecule has 0 spiro atoms. The number of anilines is 1. The summed E-state index contributed by atoms with van der Waals surface area (Å²) in [6.45, 7) is 0. The van der Waals surface area contributed by atoms with Crippen LogP contribution in [0.15, 0.2) is 58.1 Å². The number of benzene rings is 2. The SMILES string of the molecule is N#CC(=NNc1ccccc1[N+](=O)[O-])C(=O)c1ccc(Br)cc1. The Bertz CT molecular complexity index is 825. The Hall–Kier alpha value is -3.05. The van der Waals surface area contributed by atoms with E-state index in [2.05, 4.69) is 26.5 Å². The van der Waals surface area contributed by atoms with Crippen molar-refractivity contribution in [3.05, 3.63) is 68.7 Å². The van der Waals surface area contributed by atoms with Crippen LogP contribution in [0, 0.1) is 21.4 Å². The van der Waals surface area contributed by atoms with Crippen LogP contribution in [0.4, 0.5) is 11.4 Å². The topological polar surface area (TPSA) is 108 Å². The lowest BCUT2D eigenvalue weighted by atomic mass is 10.1. The van der Waals surface area contributed by atoms with Crippen LogP contribution in [-0.4, -0.2) is 16.4 Å². The number of carbonyl (C=O) groups excluding carboxylic acids is 1. The van der Waals surface area contributed by atoms with E-state index in [4.69, 9.17) is 5.26 Å². The highest BCUT2D eigenvalue weighted by atomic mass is 79.9. The molecule has 0 aliphatic carbocycles. The summed E-state index contributed by atoms with van der Waals surface area (Å²) >= 11 is 3.25. The average molecular weight is 373 g/mol. The second-order valence-corrected chi connectivity index (χ2v) is 5.21. The monoisotopic (exact) mass is 372 g/mol. The second kappa shape index (κ2) is 7.29. The van der Waals surface area contributed by atoms with Gasteiger partial charge in [0.1, 0.15) is 11.8 Å². The van der Waals surface area contributed by atoms with Crippen molar-refractivity contribution in [1.82, 2.24) is 0 Å². The normalized spacial score (nSPS) is 10.7. The van der Waals surface area contributed by atoms with Gasteiger partial charge in [-0.05, 0) is 30.3 Å².